The Morgan fingerprint density at radius 2 is 1.75 bits per heavy atom. The molecular weight excluding hydrogens is 374 g/mol. The van der Waals surface area contributed by atoms with Gasteiger partial charge >= 0.3 is 0 Å². The Bertz CT molecular complexity index is 1010. The molecule has 0 spiro atoms. The largest absolute Gasteiger partial charge is 1.00 e. The van der Waals surface area contributed by atoms with Gasteiger partial charge in [0.15, 0.2) is 11.9 Å². The Labute approximate surface area is 169 Å². The number of benzene rings is 2. The molecule has 28 heavy (non-hydrogen) atoms. The Hall–Kier alpha value is -2.96. The van der Waals surface area contributed by atoms with E-state index < -0.39 is 0 Å². The summed E-state index contributed by atoms with van der Waals surface area (Å²) >= 11 is 0. The molecule has 3 N–H and O–H groups in total. The monoisotopic (exact) mass is 395 g/mol. The van der Waals surface area contributed by atoms with E-state index in [1.807, 2.05) is 36.0 Å². The van der Waals surface area contributed by atoms with E-state index in [0.717, 1.165) is 11.3 Å². The lowest BCUT2D eigenvalue weighted by atomic mass is 10.0. The topological polar surface area (TPSA) is 84.4 Å². The number of quaternary nitrogens is 1. The van der Waals surface area contributed by atoms with Crippen LogP contribution in [0.5, 0.6) is 0 Å². The molecule has 4 aromatic rings. The van der Waals surface area contributed by atoms with E-state index in [0.29, 0.717) is 24.6 Å². The van der Waals surface area contributed by atoms with Gasteiger partial charge in [-0.25, -0.2) is 4.98 Å². The fraction of sp³-hybridized carbons (Fsp3) is 0.190. The van der Waals surface area contributed by atoms with Crippen LogP contribution in [0.4, 0.5) is 0 Å². The third kappa shape index (κ3) is 4.65. The summed E-state index contributed by atoms with van der Waals surface area (Å²) in [5.41, 5.74) is 8.65. The molecule has 4 rings (SSSR count). The van der Waals surface area contributed by atoms with Crippen molar-refractivity contribution in [3.63, 3.8) is 0 Å². The lowest BCUT2D eigenvalue weighted by Crippen LogP contribution is -3.00. The first-order valence-corrected chi connectivity index (χ1v) is 8.94. The predicted octanol–water partition coefficient (Wildman–Crippen LogP) is -0.409. The molecule has 0 unspecified atom stereocenters. The summed E-state index contributed by atoms with van der Waals surface area (Å²) in [6.45, 7) is 0. The predicted molar refractivity (Wildman–Crippen MR) is 102 cm³/mol. The first-order valence-electron chi connectivity index (χ1n) is 8.94. The van der Waals surface area contributed by atoms with Crippen LogP contribution in [-0.4, -0.2) is 19.7 Å². The second-order valence-corrected chi connectivity index (χ2v) is 6.72. The standard InChI is InChI=1S/C21H21N5O.ClH/c1-26-13-18(23-14-26)12-19(22)21-24-20(25-27-21)11-15-7-9-17(10-8-15)16-5-3-2-4-6-16;/h2-10,13-14,19H,11-12,22H2,1H3;1H/t19-;/m0./s1. The molecule has 0 amide bonds. The summed E-state index contributed by atoms with van der Waals surface area (Å²) in [5, 5.41) is 4.11. The minimum atomic E-state index is -0.110. The second kappa shape index (κ2) is 8.82. The number of hydrogen-bond acceptors (Lipinski definition) is 4. The molecule has 2 aromatic heterocycles. The molecule has 0 saturated heterocycles. The van der Waals surface area contributed by atoms with Gasteiger partial charge in [0, 0.05) is 19.7 Å². The van der Waals surface area contributed by atoms with Gasteiger partial charge in [-0.1, -0.05) is 59.8 Å². The summed E-state index contributed by atoms with van der Waals surface area (Å²) in [7, 11) is 1.95. The first-order chi connectivity index (χ1) is 13.2. The van der Waals surface area contributed by atoms with Crippen LogP contribution in [0.3, 0.4) is 0 Å². The molecule has 144 valence electrons. The highest BCUT2D eigenvalue weighted by Crippen LogP contribution is 2.20. The van der Waals surface area contributed by atoms with Gasteiger partial charge in [-0.3, -0.25) is 0 Å². The Morgan fingerprint density at radius 1 is 1.04 bits per heavy atom. The molecule has 0 fully saturated rings. The van der Waals surface area contributed by atoms with Crippen molar-refractivity contribution >= 4 is 0 Å². The van der Waals surface area contributed by atoms with Gasteiger partial charge in [-0.05, 0) is 16.7 Å². The molecule has 0 aliphatic carbocycles. The van der Waals surface area contributed by atoms with E-state index in [1.165, 1.54) is 11.1 Å². The van der Waals surface area contributed by atoms with Crippen molar-refractivity contribution in [2.24, 2.45) is 7.05 Å². The SMILES string of the molecule is Cn1cnc(C[C@H]([NH3+])c2nc(Cc3ccc(-c4ccccc4)cc3)no2)c1.[Cl-]. The maximum atomic E-state index is 5.41. The minimum absolute atomic E-state index is 0. The van der Waals surface area contributed by atoms with Crippen molar-refractivity contribution in [1.82, 2.24) is 19.7 Å². The zero-order chi connectivity index (χ0) is 18.6. The molecule has 1 atom stereocenters. The molecule has 6 nitrogen and oxygen atoms in total. The van der Waals surface area contributed by atoms with E-state index in [4.69, 9.17) is 4.52 Å². The average molecular weight is 396 g/mol. The molecular formula is C21H22ClN5O. The van der Waals surface area contributed by atoms with Crippen molar-refractivity contribution < 1.29 is 22.7 Å². The zero-order valence-corrected chi connectivity index (χ0v) is 16.4. The van der Waals surface area contributed by atoms with Crippen LogP contribution in [0, 0.1) is 0 Å². The van der Waals surface area contributed by atoms with Gasteiger partial charge in [0.05, 0.1) is 18.4 Å². The summed E-state index contributed by atoms with van der Waals surface area (Å²) in [4.78, 5) is 8.84. The van der Waals surface area contributed by atoms with Crippen LogP contribution in [0.15, 0.2) is 71.6 Å². The maximum Gasteiger partial charge on any atom is 0.285 e. The fourth-order valence-electron chi connectivity index (χ4n) is 3.05. The van der Waals surface area contributed by atoms with Crippen molar-refractivity contribution in [1.29, 1.82) is 0 Å². The van der Waals surface area contributed by atoms with Crippen molar-refractivity contribution in [2.75, 3.05) is 0 Å². The minimum Gasteiger partial charge on any atom is -1.00 e. The lowest BCUT2D eigenvalue weighted by molar-refractivity contribution is -0.431. The normalized spacial score (nSPS) is 11.8. The van der Waals surface area contributed by atoms with E-state index in [2.05, 4.69) is 57.3 Å². The van der Waals surface area contributed by atoms with Crippen molar-refractivity contribution in [2.45, 2.75) is 18.9 Å². The lowest BCUT2D eigenvalue weighted by Gasteiger charge is -2.03. The van der Waals surface area contributed by atoms with Gasteiger partial charge in [0.2, 0.25) is 0 Å². The number of halogens is 1. The Kier molecular flexibility index (Phi) is 6.23. The average Bonchev–Trinajstić information content (AvgIpc) is 3.32. The van der Waals surface area contributed by atoms with E-state index in [-0.39, 0.29) is 18.4 Å². The molecule has 0 saturated carbocycles. The van der Waals surface area contributed by atoms with E-state index >= 15 is 0 Å². The van der Waals surface area contributed by atoms with E-state index in [1.54, 1.807) is 6.33 Å². The van der Waals surface area contributed by atoms with Crippen LogP contribution >= 0.6 is 0 Å². The van der Waals surface area contributed by atoms with Crippen molar-refractivity contribution in [3.8, 4) is 11.1 Å². The molecule has 0 aliphatic heterocycles. The molecule has 7 heteroatoms. The number of rotatable bonds is 6. The molecule has 2 heterocycles. The molecule has 2 aromatic carbocycles. The summed E-state index contributed by atoms with van der Waals surface area (Å²) < 4.78 is 7.33. The third-order valence-electron chi connectivity index (χ3n) is 4.47. The molecule has 0 bridgehead atoms. The second-order valence-electron chi connectivity index (χ2n) is 6.72. The maximum absolute atomic E-state index is 5.41. The molecule has 0 radical (unpaired) electrons. The number of aromatic nitrogens is 4. The van der Waals surface area contributed by atoms with Crippen LogP contribution in [0.2, 0.25) is 0 Å². The highest BCUT2D eigenvalue weighted by Gasteiger charge is 2.20. The third-order valence-corrected chi connectivity index (χ3v) is 4.47. The fourth-order valence-corrected chi connectivity index (χ4v) is 3.05. The smallest absolute Gasteiger partial charge is 0.285 e. The van der Waals surface area contributed by atoms with Crippen molar-refractivity contribution in [3.05, 3.63) is 90.1 Å². The Balaban J connectivity index is 0.00000225. The van der Waals surface area contributed by atoms with Gasteiger partial charge < -0.3 is 27.2 Å². The summed E-state index contributed by atoms with van der Waals surface area (Å²) in [6, 6.07) is 18.7. The van der Waals surface area contributed by atoms with Crippen LogP contribution in [0.1, 0.15) is 29.0 Å². The quantitative estimate of drug-likeness (QED) is 0.481. The van der Waals surface area contributed by atoms with E-state index in [9.17, 15) is 0 Å². The Morgan fingerprint density at radius 3 is 2.43 bits per heavy atom. The number of hydrogen-bond donors (Lipinski definition) is 1. The number of nitrogens with zero attached hydrogens (tertiary/aromatic N) is 4. The highest BCUT2D eigenvalue weighted by atomic mass is 35.5. The van der Waals surface area contributed by atoms with Crippen LogP contribution in [0.25, 0.3) is 11.1 Å². The van der Waals surface area contributed by atoms with Gasteiger partial charge in [0.25, 0.3) is 5.89 Å². The van der Waals surface area contributed by atoms with Gasteiger partial charge in [-0.2, -0.15) is 4.98 Å². The number of imidazole rings is 1. The molecule has 0 aliphatic rings. The summed E-state index contributed by atoms with van der Waals surface area (Å²) in [5.74, 6) is 1.23. The first kappa shape index (κ1) is 19.8. The summed E-state index contributed by atoms with van der Waals surface area (Å²) in [6.07, 6.45) is 5.06. The van der Waals surface area contributed by atoms with Crippen LogP contribution < -0.4 is 18.1 Å². The van der Waals surface area contributed by atoms with Gasteiger partial charge in [-0.15, -0.1) is 0 Å². The zero-order valence-electron chi connectivity index (χ0n) is 15.6. The highest BCUT2D eigenvalue weighted by molar-refractivity contribution is 5.63. The number of aryl methyl sites for hydroxylation is 1. The van der Waals surface area contributed by atoms with Crippen LogP contribution in [-0.2, 0) is 19.9 Å². The van der Waals surface area contributed by atoms with Gasteiger partial charge in [0.1, 0.15) is 0 Å².